The molecule has 0 aromatic heterocycles. The molecule has 1 unspecified atom stereocenters. The number of nitrogens with two attached hydrogens (primary N) is 1. The van der Waals surface area contributed by atoms with E-state index in [1.165, 1.54) is 13.2 Å². The highest BCUT2D eigenvalue weighted by Crippen LogP contribution is 2.32. The van der Waals surface area contributed by atoms with Crippen molar-refractivity contribution in [3.8, 4) is 11.5 Å². The van der Waals surface area contributed by atoms with Gasteiger partial charge < -0.3 is 20.9 Å². The van der Waals surface area contributed by atoms with Crippen molar-refractivity contribution in [2.45, 2.75) is 18.9 Å². The van der Waals surface area contributed by atoms with Gasteiger partial charge in [-0.2, -0.15) is 0 Å². The molecule has 0 radical (unpaired) electrons. The summed E-state index contributed by atoms with van der Waals surface area (Å²) in [6, 6.07) is 4.61. The number of carbonyl (C=O) groups is 1. The number of nitrogens with one attached hydrogen (secondary N) is 1. The van der Waals surface area contributed by atoms with Gasteiger partial charge in [-0.3, -0.25) is 4.79 Å². The summed E-state index contributed by atoms with van der Waals surface area (Å²) in [4.78, 5) is 12.0. The minimum absolute atomic E-state index is 0.0294. The predicted molar refractivity (Wildman–Crippen MR) is 67.7 cm³/mol. The van der Waals surface area contributed by atoms with E-state index in [1.54, 1.807) is 12.1 Å². The quantitative estimate of drug-likeness (QED) is 0.724. The molecule has 18 heavy (non-hydrogen) atoms. The average Bonchev–Trinajstić information content (AvgIpc) is 3.19. The number of methoxy groups -OCH3 is 1. The second-order valence-electron chi connectivity index (χ2n) is 4.54. The Hall–Kier alpha value is -1.75. The van der Waals surface area contributed by atoms with E-state index in [0.29, 0.717) is 23.8 Å². The molecule has 1 atom stereocenters. The Labute approximate surface area is 106 Å². The number of phenolic OH excluding ortho intramolecular Hbond substituents is 1. The largest absolute Gasteiger partial charge is 0.504 e. The van der Waals surface area contributed by atoms with Crippen molar-refractivity contribution >= 4 is 5.91 Å². The zero-order chi connectivity index (χ0) is 13.1. The fourth-order valence-corrected chi connectivity index (χ4v) is 1.95. The summed E-state index contributed by atoms with van der Waals surface area (Å²) >= 11 is 0. The maximum atomic E-state index is 12.0. The topological polar surface area (TPSA) is 84.6 Å². The fourth-order valence-electron chi connectivity index (χ4n) is 1.95. The van der Waals surface area contributed by atoms with Gasteiger partial charge >= 0.3 is 0 Å². The Morgan fingerprint density at radius 1 is 1.61 bits per heavy atom. The molecule has 1 aliphatic rings. The molecule has 0 bridgehead atoms. The fraction of sp³-hybridized carbons (Fsp3) is 0.462. The van der Waals surface area contributed by atoms with Crippen LogP contribution in [0.15, 0.2) is 18.2 Å². The number of hydrogen-bond donors (Lipinski definition) is 3. The van der Waals surface area contributed by atoms with Gasteiger partial charge in [-0.25, -0.2) is 0 Å². The molecule has 1 aliphatic carbocycles. The first-order valence-corrected chi connectivity index (χ1v) is 6.03. The third kappa shape index (κ3) is 2.73. The highest BCUT2D eigenvalue weighted by molar-refractivity contribution is 5.95. The van der Waals surface area contributed by atoms with E-state index >= 15 is 0 Å². The number of carbonyl (C=O) groups excluding carboxylic acids is 1. The van der Waals surface area contributed by atoms with Crippen molar-refractivity contribution < 1.29 is 14.6 Å². The summed E-state index contributed by atoms with van der Waals surface area (Å²) in [7, 11) is 1.46. The van der Waals surface area contributed by atoms with Crippen LogP contribution < -0.4 is 15.8 Å². The van der Waals surface area contributed by atoms with Crippen LogP contribution in [-0.2, 0) is 0 Å². The molecule has 0 aliphatic heterocycles. The van der Waals surface area contributed by atoms with Crippen LogP contribution in [-0.4, -0.2) is 30.7 Å². The summed E-state index contributed by atoms with van der Waals surface area (Å²) in [5.41, 5.74) is 6.04. The lowest BCUT2D eigenvalue weighted by Gasteiger charge is -2.16. The number of amides is 1. The van der Waals surface area contributed by atoms with E-state index in [9.17, 15) is 9.90 Å². The number of hydrogen-bond acceptors (Lipinski definition) is 4. The van der Waals surface area contributed by atoms with Gasteiger partial charge in [0.15, 0.2) is 11.5 Å². The van der Waals surface area contributed by atoms with Crippen molar-refractivity contribution in [1.82, 2.24) is 5.32 Å². The molecule has 1 saturated carbocycles. The normalized spacial score (nSPS) is 16.1. The van der Waals surface area contributed by atoms with E-state index in [-0.39, 0.29) is 17.7 Å². The molecule has 0 spiro atoms. The summed E-state index contributed by atoms with van der Waals surface area (Å²) in [5, 5.41) is 12.5. The zero-order valence-corrected chi connectivity index (χ0v) is 10.3. The van der Waals surface area contributed by atoms with Crippen molar-refractivity contribution in [3.05, 3.63) is 23.8 Å². The Kier molecular flexibility index (Phi) is 3.72. The molecule has 4 N–H and O–H groups in total. The SMILES string of the molecule is COc1ccc(C(=O)NC(CN)C2CC2)cc1O. The van der Waals surface area contributed by atoms with Crippen molar-refractivity contribution in [3.63, 3.8) is 0 Å². The summed E-state index contributed by atoms with van der Waals surface area (Å²) in [6.07, 6.45) is 2.24. The van der Waals surface area contributed by atoms with Crippen LogP contribution in [0.5, 0.6) is 11.5 Å². The number of ether oxygens (including phenoxy) is 1. The number of phenols is 1. The van der Waals surface area contributed by atoms with Crippen LogP contribution >= 0.6 is 0 Å². The van der Waals surface area contributed by atoms with Crippen LogP contribution in [0, 0.1) is 5.92 Å². The van der Waals surface area contributed by atoms with Gasteiger partial charge in [0.2, 0.25) is 0 Å². The van der Waals surface area contributed by atoms with Crippen molar-refractivity contribution in [2.75, 3.05) is 13.7 Å². The van der Waals surface area contributed by atoms with E-state index in [1.807, 2.05) is 0 Å². The standard InChI is InChI=1S/C13H18N2O3/c1-18-12-5-4-9(6-11(12)16)13(17)15-10(7-14)8-2-3-8/h4-6,8,10,16H,2-3,7,14H2,1H3,(H,15,17). The van der Waals surface area contributed by atoms with E-state index in [2.05, 4.69) is 5.32 Å². The van der Waals surface area contributed by atoms with E-state index in [0.717, 1.165) is 12.8 Å². The molecule has 98 valence electrons. The summed E-state index contributed by atoms with van der Waals surface area (Å²) < 4.78 is 4.93. The van der Waals surface area contributed by atoms with Crippen LogP contribution in [0.3, 0.4) is 0 Å². The van der Waals surface area contributed by atoms with E-state index in [4.69, 9.17) is 10.5 Å². The Morgan fingerprint density at radius 2 is 2.33 bits per heavy atom. The molecule has 1 amide bonds. The molecule has 5 nitrogen and oxygen atoms in total. The molecule has 5 heteroatoms. The third-order valence-electron chi connectivity index (χ3n) is 3.20. The lowest BCUT2D eigenvalue weighted by molar-refractivity contribution is 0.0933. The Bertz CT molecular complexity index is 444. The molecule has 1 fully saturated rings. The monoisotopic (exact) mass is 250 g/mol. The van der Waals surface area contributed by atoms with Crippen LogP contribution in [0.4, 0.5) is 0 Å². The smallest absolute Gasteiger partial charge is 0.251 e. The van der Waals surface area contributed by atoms with Crippen molar-refractivity contribution in [2.24, 2.45) is 11.7 Å². The lowest BCUT2D eigenvalue weighted by atomic mass is 10.1. The number of rotatable bonds is 5. The highest BCUT2D eigenvalue weighted by Gasteiger charge is 2.31. The molecule has 0 heterocycles. The first-order valence-electron chi connectivity index (χ1n) is 6.03. The van der Waals surface area contributed by atoms with Gasteiger partial charge in [-0.05, 0) is 37.0 Å². The first-order chi connectivity index (χ1) is 8.65. The molecular weight excluding hydrogens is 232 g/mol. The Morgan fingerprint density at radius 3 is 2.83 bits per heavy atom. The predicted octanol–water partition coefficient (Wildman–Crippen LogP) is 0.868. The number of benzene rings is 1. The van der Waals surface area contributed by atoms with Crippen LogP contribution in [0.25, 0.3) is 0 Å². The third-order valence-corrected chi connectivity index (χ3v) is 3.20. The minimum Gasteiger partial charge on any atom is -0.504 e. The average molecular weight is 250 g/mol. The van der Waals surface area contributed by atoms with Crippen LogP contribution in [0.2, 0.25) is 0 Å². The van der Waals surface area contributed by atoms with Crippen LogP contribution in [0.1, 0.15) is 23.2 Å². The molecule has 0 saturated heterocycles. The molecule has 1 aromatic rings. The van der Waals surface area contributed by atoms with Gasteiger partial charge in [-0.15, -0.1) is 0 Å². The zero-order valence-electron chi connectivity index (χ0n) is 10.3. The second kappa shape index (κ2) is 5.27. The maximum Gasteiger partial charge on any atom is 0.251 e. The summed E-state index contributed by atoms with van der Waals surface area (Å²) in [6.45, 7) is 0.443. The highest BCUT2D eigenvalue weighted by atomic mass is 16.5. The summed E-state index contributed by atoms with van der Waals surface area (Å²) in [5.74, 6) is 0.603. The van der Waals surface area contributed by atoms with Gasteiger partial charge in [0.1, 0.15) is 0 Å². The van der Waals surface area contributed by atoms with Gasteiger partial charge in [0.25, 0.3) is 5.91 Å². The second-order valence-corrected chi connectivity index (χ2v) is 4.54. The van der Waals surface area contributed by atoms with Gasteiger partial charge in [-0.1, -0.05) is 0 Å². The lowest BCUT2D eigenvalue weighted by Crippen LogP contribution is -2.41. The van der Waals surface area contributed by atoms with E-state index < -0.39 is 0 Å². The van der Waals surface area contributed by atoms with Gasteiger partial charge in [0, 0.05) is 18.2 Å². The Balaban J connectivity index is 2.06. The van der Waals surface area contributed by atoms with Gasteiger partial charge in [0.05, 0.1) is 7.11 Å². The first kappa shape index (κ1) is 12.7. The van der Waals surface area contributed by atoms with Crippen molar-refractivity contribution in [1.29, 1.82) is 0 Å². The molecule has 2 rings (SSSR count). The minimum atomic E-state index is -0.213. The number of aromatic hydroxyl groups is 1. The molecule has 1 aromatic carbocycles. The maximum absolute atomic E-state index is 12.0. The molecular formula is C13H18N2O3.